The number of benzene rings is 3. The van der Waals surface area contributed by atoms with Gasteiger partial charge in [0.25, 0.3) is 5.91 Å². The molecule has 1 N–H and O–H groups in total. The summed E-state index contributed by atoms with van der Waals surface area (Å²) in [6.45, 7) is 1.67. The molecule has 0 aliphatic rings. The third-order valence-corrected chi connectivity index (χ3v) is 4.66. The van der Waals surface area contributed by atoms with Crippen LogP contribution >= 0.6 is 0 Å². The first-order chi connectivity index (χ1) is 14.5. The van der Waals surface area contributed by atoms with Crippen LogP contribution in [0.4, 0.5) is 5.69 Å². The molecule has 3 aromatic carbocycles. The fraction of sp³-hybridized carbons (Fsp3) is 0.130. The Bertz CT molecular complexity index is 1030. The second-order valence-corrected chi connectivity index (χ2v) is 6.57. The molecule has 0 saturated carbocycles. The number of hydrogen-bond donors (Lipinski definition) is 1. The van der Waals surface area contributed by atoms with Crippen molar-refractivity contribution in [3.63, 3.8) is 0 Å². The van der Waals surface area contributed by atoms with Crippen LogP contribution in [0.5, 0.6) is 5.75 Å². The molecule has 0 radical (unpaired) electrons. The van der Waals surface area contributed by atoms with Crippen molar-refractivity contribution >= 4 is 17.3 Å². The number of rotatable bonds is 7. The fourth-order valence-electron chi connectivity index (χ4n) is 3.11. The van der Waals surface area contributed by atoms with Crippen molar-refractivity contribution in [1.29, 1.82) is 0 Å². The van der Waals surface area contributed by atoms with Gasteiger partial charge in [0.05, 0.1) is 23.7 Å². The van der Waals surface area contributed by atoms with Gasteiger partial charge in [-0.25, -0.2) is 5.43 Å². The van der Waals surface area contributed by atoms with Gasteiger partial charge in [-0.3, -0.25) is 14.9 Å². The molecule has 7 nitrogen and oxygen atoms in total. The van der Waals surface area contributed by atoms with Crippen LogP contribution in [-0.4, -0.2) is 23.7 Å². The highest BCUT2D eigenvalue weighted by Crippen LogP contribution is 2.28. The smallest absolute Gasteiger partial charge is 0.311 e. The van der Waals surface area contributed by atoms with Crippen molar-refractivity contribution in [2.45, 2.75) is 12.8 Å². The minimum absolute atomic E-state index is 0.161. The zero-order chi connectivity index (χ0) is 21.5. The number of nitrogens with one attached hydrogen (secondary N) is 1. The van der Waals surface area contributed by atoms with Crippen LogP contribution in [-0.2, 0) is 4.79 Å². The molecule has 0 bridgehead atoms. The monoisotopic (exact) mass is 403 g/mol. The molecule has 0 heterocycles. The number of hydrazone groups is 1. The van der Waals surface area contributed by atoms with Crippen molar-refractivity contribution in [3.8, 4) is 5.75 Å². The highest BCUT2D eigenvalue weighted by Gasteiger charge is 2.22. The third-order valence-electron chi connectivity index (χ3n) is 4.66. The topological polar surface area (TPSA) is 93.8 Å². The number of amides is 1. The van der Waals surface area contributed by atoms with Crippen LogP contribution in [0, 0.1) is 10.1 Å². The molecule has 0 aliphatic heterocycles. The SMILES string of the molecule is COc1ccc(/C(C)=N\NC(=O)C(c2ccccc2)c2ccccc2)cc1[N+](=O)[O-]. The molecule has 0 aliphatic carbocycles. The van der Waals surface area contributed by atoms with Crippen LogP contribution in [0.2, 0.25) is 0 Å². The van der Waals surface area contributed by atoms with E-state index in [1.807, 2.05) is 60.7 Å². The normalized spacial score (nSPS) is 11.2. The quantitative estimate of drug-likeness (QED) is 0.362. The summed E-state index contributed by atoms with van der Waals surface area (Å²) in [5.74, 6) is -0.669. The zero-order valence-corrected chi connectivity index (χ0v) is 16.6. The summed E-state index contributed by atoms with van der Waals surface area (Å²) in [6, 6.07) is 23.4. The summed E-state index contributed by atoms with van der Waals surface area (Å²) in [7, 11) is 1.37. The molecule has 0 unspecified atom stereocenters. The Kier molecular flexibility index (Phi) is 6.54. The number of carbonyl (C=O) groups is 1. The highest BCUT2D eigenvalue weighted by atomic mass is 16.6. The van der Waals surface area contributed by atoms with Gasteiger partial charge >= 0.3 is 5.69 Å². The van der Waals surface area contributed by atoms with Gasteiger partial charge in [-0.1, -0.05) is 60.7 Å². The van der Waals surface area contributed by atoms with E-state index in [0.29, 0.717) is 11.3 Å². The van der Waals surface area contributed by atoms with Gasteiger partial charge in [0.1, 0.15) is 0 Å². The lowest BCUT2D eigenvalue weighted by atomic mass is 9.91. The van der Waals surface area contributed by atoms with E-state index in [-0.39, 0.29) is 17.3 Å². The summed E-state index contributed by atoms with van der Waals surface area (Å²) in [6.07, 6.45) is 0. The predicted molar refractivity (Wildman–Crippen MR) is 115 cm³/mol. The minimum atomic E-state index is -0.533. The van der Waals surface area contributed by atoms with Gasteiger partial charge in [-0.2, -0.15) is 5.10 Å². The number of nitro groups is 1. The van der Waals surface area contributed by atoms with E-state index >= 15 is 0 Å². The molecule has 0 fully saturated rings. The number of carbonyl (C=O) groups excluding carboxylic acids is 1. The van der Waals surface area contributed by atoms with Crippen molar-refractivity contribution in [2.75, 3.05) is 7.11 Å². The first-order valence-electron chi connectivity index (χ1n) is 9.28. The average Bonchev–Trinajstić information content (AvgIpc) is 2.78. The first-order valence-corrected chi connectivity index (χ1v) is 9.28. The van der Waals surface area contributed by atoms with Crippen LogP contribution in [0.3, 0.4) is 0 Å². The van der Waals surface area contributed by atoms with Crippen molar-refractivity contribution in [2.24, 2.45) is 5.10 Å². The zero-order valence-electron chi connectivity index (χ0n) is 16.6. The molecule has 7 heteroatoms. The summed E-state index contributed by atoms with van der Waals surface area (Å²) in [5.41, 5.74) is 5.07. The Labute approximate surface area is 174 Å². The molecule has 0 aromatic heterocycles. The summed E-state index contributed by atoms with van der Waals surface area (Å²) in [5, 5.41) is 15.4. The maximum Gasteiger partial charge on any atom is 0.311 e. The van der Waals surface area contributed by atoms with Gasteiger partial charge in [0.2, 0.25) is 0 Å². The number of methoxy groups -OCH3 is 1. The number of nitrogens with zero attached hydrogens (tertiary/aromatic N) is 2. The van der Waals surface area contributed by atoms with Gasteiger partial charge in [0.15, 0.2) is 5.75 Å². The lowest BCUT2D eigenvalue weighted by Crippen LogP contribution is -2.27. The molecule has 0 atom stereocenters. The van der Waals surface area contributed by atoms with Crippen molar-refractivity contribution in [1.82, 2.24) is 5.43 Å². The second-order valence-electron chi connectivity index (χ2n) is 6.57. The average molecular weight is 403 g/mol. The van der Waals surface area contributed by atoms with Gasteiger partial charge in [-0.15, -0.1) is 0 Å². The second kappa shape index (κ2) is 9.47. The van der Waals surface area contributed by atoms with E-state index in [2.05, 4.69) is 10.5 Å². The molecular formula is C23H21N3O4. The number of ether oxygens (including phenoxy) is 1. The lowest BCUT2D eigenvalue weighted by Gasteiger charge is -2.16. The minimum Gasteiger partial charge on any atom is -0.490 e. The van der Waals surface area contributed by atoms with Crippen LogP contribution in [0.15, 0.2) is 84.0 Å². The predicted octanol–water partition coefficient (Wildman–Crippen LogP) is 4.28. The maximum absolute atomic E-state index is 13.0. The molecule has 0 spiro atoms. The van der Waals surface area contributed by atoms with E-state index in [4.69, 9.17) is 4.74 Å². The summed E-state index contributed by atoms with van der Waals surface area (Å²) < 4.78 is 5.02. The fourth-order valence-corrected chi connectivity index (χ4v) is 3.11. The Morgan fingerprint density at radius 3 is 2.07 bits per heavy atom. The maximum atomic E-state index is 13.0. The van der Waals surface area contributed by atoms with Gasteiger partial charge < -0.3 is 4.74 Å². The van der Waals surface area contributed by atoms with E-state index < -0.39 is 10.8 Å². The number of nitro benzene ring substituents is 1. The van der Waals surface area contributed by atoms with Gasteiger partial charge in [0, 0.05) is 11.6 Å². The largest absolute Gasteiger partial charge is 0.490 e. The van der Waals surface area contributed by atoms with Crippen molar-refractivity contribution in [3.05, 3.63) is 106 Å². The molecule has 152 valence electrons. The molecule has 30 heavy (non-hydrogen) atoms. The summed E-state index contributed by atoms with van der Waals surface area (Å²) in [4.78, 5) is 23.7. The Balaban J connectivity index is 1.87. The van der Waals surface area contributed by atoms with Crippen LogP contribution < -0.4 is 10.2 Å². The summed E-state index contributed by atoms with van der Waals surface area (Å²) >= 11 is 0. The number of hydrogen-bond acceptors (Lipinski definition) is 5. The molecule has 3 aromatic rings. The van der Waals surface area contributed by atoms with E-state index in [9.17, 15) is 14.9 Å². The lowest BCUT2D eigenvalue weighted by molar-refractivity contribution is -0.385. The standard InChI is InChI=1S/C23H21N3O4/c1-16(19-13-14-21(30-2)20(15-19)26(28)29)24-25-23(27)22(17-9-5-3-6-10-17)18-11-7-4-8-12-18/h3-15,22H,1-2H3,(H,25,27)/b24-16-. The van der Waals surface area contributed by atoms with E-state index in [1.54, 1.807) is 13.0 Å². The third kappa shape index (κ3) is 4.70. The molecule has 3 rings (SSSR count). The molecule has 1 amide bonds. The van der Waals surface area contributed by atoms with E-state index in [1.165, 1.54) is 19.2 Å². The van der Waals surface area contributed by atoms with E-state index in [0.717, 1.165) is 11.1 Å². The van der Waals surface area contributed by atoms with Gasteiger partial charge in [-0.05, 0) is 30.2 Å². The Morgan fingerprint density at radius 2 is 1.57 bits per heavy atom. The molecule has 0 saturated heterocycles. The highest BCUT2D eigenvalue weighted by molar-refractivity contribution is 6.00. The van der Waals surface area contributed by atoms with Crippen molar-refractivity contribution < 1.29 is 14.5 Å². The molecular weight excluding hydrogens is 382 g/mol. The van der Waals surface area contributed by atoms with Crippen LogP contribution in [0.25, 0.3) is 0 Å². The first kappa shape index (κ1) is 20.7. The van der Waals surface area contributed by atoms with Crippen LogP contribution in [0.1, 0.15) is 29.5 Å². The Hall–Kier alpha value is -4.00. The Morgan fingerprint density at radius 1 is 1.00 bits per heavy atom.